The van der Waals surface area contributed by atoms with Crippen molar-refractivity contribution in [2.45, 2.75) is 18.9 Å². The van der Waals surface area contributed by atoms with E-state index in [2.05, 4.69) is 16.8 Å². The third kappa shape index (κ3) is 2.69. The molecule has 2 aliphatic heterocycles. The van der Waals surface area contributed by atoms with Crippen LogP contribution in [0.2, 0.25) is 0 Å². The molecule has 0 aromatic carbocycles. The Morgan fingerprint density at radius 3 is 2.57 bits per heavy atom. The van der Waals surface area contributed by atoms with E-state index in [1.807, 2.05) is 0 Å². The van der Waals surface area contributed by atoms with E-state index in [1.54, 1.807) is 0 Å². The number of hydrogen-bond donors (Lipinski definition) is 0. The van der Waals surface area contributed by atoms with Gasteiger partial charge >= 0.3 is 91.6 Å². The maximum absolute atomic E-state index is 11.3. The summed E-state index contributed by atoms with van der Waals surface area (Å²) in [5, 5.41) is 12.5. The molecule has 0 aliphatic carbocycles. The monoisotopic (exact) mass is 264 g/mol. The second-order valence-corrected chi connectivity index (χ2v) is 6.15. The van der Waals surface area contributed by atoms with E-state index >= 15 is 0 Å². The number of piperidine rings is 1. The average molecular weight is 263 g/mol. The van der Waals surface area contributed by atoms with Crippen LogP contribution in [-0.4, -0.2) is 73.6 Å². The Morgan fingerprint density at radius 2 is 1.93 bits per heavy atom. The number of hydrogen-bond acceptors (Lipinski definition) is 3. The van der Waals surface area contributed by atoms with Gasteiger partial charge in [0.2, 0.25) is 0 Å². The van der Waals surface area contributed by atoms with E-state index in [4.69, 9.17) is 0 Å². The summed E-state index contributed by atoms with van der Waals surface area (Å²) in [5.41, 5.74) is 1.97. The molecule has 14 heavy (non-hydrogen) atoms. The molecule has 1 radical (unpaired) electrons. The van der Waals surface area contributed by atoms with Crippen molar-refractivity contribution in [2.75, 3.05) is 37.7 Å². The topological polar surface area (TPSA) is 29.6 Å². The SMILES string of the molecule is CN1CCC(N2C[Se]CN([O])C2)CC1. The van der Waals surface area contributed by atoms with E-state index in [-0.39, 0.29) is 0 Å². The number of likely N-dealkylation sites (tertiary alicyclic amines) is 1. The normalized spacial score (nSPS) is 29.6. The molecule has 0 aromatic rings. The van der Waals surface area contributed by atoms with Crippen molar-refractivity contribution in [3.05, 3.63) is 0 Å². The zero-order valence-corrected chi connectivity index (χ0v) is 10.4. The standard InChI is InChI=1S/C9H18N3OSe/c1-10-4-2-9(3-5-10)11-6-12(13)8-14-7-11/h9H,2-8H2,1H3. The minimum atomic E-state index is 0.517. The van der Waals surface area contributed by atoms with Crippen molar-refractivity contribution in [2.24, 2.45) is 0 Å². The maximum atomic E-state index is 11.3. The molecule has 2 heterocycles. The van der Waals surface area contributed by atoms with E-state index in [9.17, 15) is 5.21 Å². The number of hydroxylamine groups is 2. The van der Waals surface area contributed by atoms with Gasteiger partial charge in [-0.2, -0.15) is 0 Å². The van der Waals surface area contributed by atoms with E-state index < -0.39 is 0 Å². The number of nitrogens with zero attached hydrogens (tertiary/aromatic N) is 3. The second-order valence-electron chi connectivity index (χ2n) is 4.21. The molecule has 4 nitrogen and oxygen atoms in total. The molecule has 5 heteroatoms. The van der Waals surface area contributed by atoms with E-state index in [0.29, 0.717) is 27.7 Å². The van der Waals surface area contributed by atoms with Gasteiger partial charge in [-0.3, -0.25) is 0 Å². The minimum absolute atomic E-state index is 0.517. The summed E-state index contributed by atoms with van der Waals surface area (Å²) < 4.78 is 0. The van der Waals surface area contributed by atoms with Crippen molar-refractivity contribution < 1.29 is 5.21 Å². The van der Waals surface area contributed by atoms with Crippen LogP contribution in [0.5, 0.6) is 0 Å². The summed E-state index contributed by atoms with van der Waals surface area (Å²) in [6, 6.07) is 0.671. The van der Waals surface area contributed by atoms with Gasteiger partial charge in [-0.15, -0.1) is 0 Å². The van der Waals surface area contributed by atoms with E-state index in [1.165, 1.54) is 36.4 Å². The van der Waals surface area contributed by atoms with Crippen molar-refractivity contribution in [3.63, 3.8) is 0 Å². The molecule has 0 atom stereocenters. The third-order valence-electron chi connectivity index (χ3n) is 3.04. The van der Waals surface area contributed by atoms with Crippen LogP contribution in [0.25, 0.3) is 0 Å². The molecule has 81 valence electrons. The molecule has 2 saturated heterocycles. The molecular formula is C9H18N3OSe. The van der Waals surface area contributed by atoms with Crippen molar-refractivity contribution in [1.82, 2.24) is 14.9 Å². The molecule has 0 saturated carbocycles. The van der Waals surface area contributed by atoms with Gasteiger partial charge < -0.3 is 0 Å². The first-order valence-corrected chi connectivity index (χ1v) is 7.60. The predicted octanol–water partition coefficient (Wildman–Crippen LogP) is -0.380. The Hall–Kier alpha value is 0.359. The fraction of sp³-hybridized carbons (Fsp3) is 1.00. The van der Waals surface area contributed by atoms with Gasteiger partial charge in [0.05, 0.1) is 0 Å². The van der Waals surface area contributed by atoms with Crippen LogP contribution in [0.15, 0.2) is 0 Å². The second kappa shape index (κ2) is 4.92. The van der Waals surface area contributed by atoms with Crippen molar-refractivity contribution in [3.8, 4) is 0 Å². The molecule has 2 rings (SSSR count). The van der Waals surface area contributed by atoms with Crippen LogP contribution in [0.1, 0.15) is 12.8 Å². The molecule has 0 N–H and O–H groups in total. The van der Waals surface area contributed by atoms with Gasteiger partial charge in [-0.25, -0.2) is 0 Å². The van der Waals surface area contributed by atoms with Gasteiger partial charge in [0.15, 0.2) is 0 Å². The summed E-state index contributed by atoms with van der Waals surface area (Å²) >= 11 is 0.517. The summed E-state index contributed by atoms with van der Waals surface area (Å²) in [6.07, 6.45) is 2.47. The molecule has 0 bridgehead atoms. The molecule has 0 unspecified atom stereocenters. The molecule has 0 amide bonds. The van der Waals surface area contributed by atoms with Crippen LogP contribution in [0.4, 0.5) is 0 Å². The van der Waals surface area contributed by atoms with Crippen LogP contribution in [-0.2, 0) is 5.21 Å². The summed E-state index contributed by atoms with van der Waals surface area (Å²) in [6.45, 7) is 3.02. The molecule has 2 aliphatic rings. The van der Waals surface area contributed by atoms with Crippen LogP contribution < -0.4 is 0 Å². The van der Waals surface area contributed by atoms with Crippen LogP contribution >= 0.6 is 0 Å². The number of rotatable bonds is 1. The molecule has 0 spiro atoms. The summed E-state index contributed by atoms with van der Waals surface area (Å²) in [7, 11) is 2.18. The third-order valence-corrected chi connectivity index (χ3v) is 5.10. The van der Waals surface area contributed by atoms with E-state index in [0.717, 1.165) is 5.44 Å². The Kier molecular flexibility index (Phi) is 3.82. The van der Waals surface area contributed by atoms with Crippen LogP contribution in [0, 0.1) is 0 Å². The molecule has 0 aromatic heterocycles. The molecule has 2 fully saturated rings. The summed E-state index contributed by atoms with van der Waals surface area (Å²) in [4.78, 5) is 4.77. The predicted molar refractivity (Wildman–Crippen MR) is 55.2 cm³/mol. The zero-order chi connectivity index (χ0) is 9.97. The Balaban J connectivity index is 1.82. The van der Waals surface area contributed by atoms with Gasteiger partial charge in [0, 0.05) is 0 Å². The fourth-order valence-electron chi connectivity index (χ4n) is 2.13. The average Bonchev–Trinajstić information content (AvgIpc) is 2.19. The Labute approximate surface area is 92.0 Å². The van der Waals surface area contributed by atoms with Crippen molar-refractivity contribution in [1.29, 1.82) is 0 Å². The molecular weight excluding hydrogens is 245 g/mol. The van der Waals surface area contributed by atoms with Gasteiger partial charge in [0.1, 0.15) is 0 Å². The summed E-state index contributed by atoms with van der Waals surface area (Å²) in [5.74, 6) is 0. The quantitative estimate of drug-likeness (QED) is 0.604. The van der Waals surface area contributed by atoms with Crippen molar-refractivity contribution >= 4 is 15.0 Å². The Morgan fingerprint density at radius 1 is 1.21 bits per heavy atom. The van der Waals surface area contributed by atoms with Gasteiger partial charge in [0.25, 0.3) is 0 Å². The first-order valence-electron chi connectivity index (χ1n) is 5.18. The first-order chi connectivity index (χ1) is 6.75. The fourth-order valence-corrected chi connectivity index (χ4v) is 4.00. The van der Waals surface area contributed by atoms with Gasteiger partial charge in [-0.1, -0.05) is 0 Å². The Bertz CT molecular complexity index is 185. The van der Waals surface area contributed by atoms with Crippen LogP contribution in [0.3, 0.4) is 0 Å². The first kappa shape index (κ1) is 10.9. The zero-order valence-electron chi connectivity index (χ0n) is 8.69. The van der Waals surface area contributed by atoms with Gasteiger partial charge in [-0.05, 0) is 0 Å².